The summed E-state index contributed by atoms with van der Waals surface area (Å²) in [5.41, 5.74) is -1.47. The van der Waals surface area contributed by atoms with Crippen LogP contribution in [-0.4, -0.2) is 64.3 Å². The van der Waals surface area contributed by atoms with Crippen molar-refractivity contribution >= 4 is 45.0 Å². The van der Waals surface area contributed by atoms with Crippen molar-refractivity contribution in [3.8, 4) is 0 Å². The lowest BCUT2D eigenvalue weighted by molar-refractivity contribution is -0.151. The lowest BCUT2D eigenvalue weighted by Gasteiger charge is -2.50. The highest BCUT2D eigenvalue weighted by molar-refractivity contribution is 7.84. The standard InChI is InChI=1S/C14H18N4O7S2/c1-7(19)5-9-15-8(6-26-9)10(17-25-4)12(20)16-11-13(21)18(14(11,2)3)27(22,23)24/h6,11H,5H2,1-4H3,(H,16,20)(H,22,23,24)/b17-10-. The third-order valence-corrected chi connectivity index (χ3v) is 5.74. The minimum Gasteiger partial charge on any atom is -0.398 e. The maximum atomic E-state index is 12.6. The molecule has 2 heterocycles. The fourth-order valence-electron chi connectivity index (χ4n) is 2.61. The first-order valence-corrected chi connectivity index (χ1v) is 9.85. The van der Waals surface area contributed by atoms with Crippen LogP contribution in [0, 0.1) is 0 Å². The highest BCUT2D eigenvalue weighted by atomic mass is 32.2. The van der Waals surface area contributed by atoms with Gasteiger partial charge < -0.3 is 10.2 Å². The third kappa shape index (κ3) is 4.14. The molecule has 1 unspecified atom stereocenters. The molecule has 1 fully saturated rings. The first-order chi connectivity index (χ1) is 12.4. The molecule has 0 aliphatic carbocycles. The summed E-state index contributed by atoms with van der Waals surface area (Å²) >= 11 is 1.16. The first kappa shape index (κ1) is 20.9. The number of thiazole rings is 1. The molecule has 1 aromatic heterocycles. The number of nitrogens with zero attached hydrogens (tertiary/aromatic N) is 3. The summed E-state index contributed by atoms with van der Waals surface area (Å²) in [7, 11) is -3.53. The average molecular weight is 418 g/mol. The molecule has 0 saturated carbocycles. The summed E-state index contributed by atoms with van der Waals surface area (Å²) in [5, 5.41) is 7.97. The minimum atomic E-state index is -4.75. The van der Waals surface area contributed by atoms with Crippen molar-refractivity contribution in [3.05, 3.63) is 16.1 Å². The van der Waals surface area contributed by atoms with Crippen LogP contribution in [-0.2, 0) is 35.9 Å². The van der Waals surface area contributed by atoms with E-state index in [1.807, 2.05) is 0 Å². The average Bonchev–Trinajstić information content (AvgIpc) is 2.95. The molecule has 0 bridgehead atoms. The molecular formula is C14H18N4O7S2. The predicted octanol–water partition coefficient (Wildman–Crippen LogP) is -0.466. The summed E-state index contributed by atoms with van der Waals surface area (Å²) in [4.78, 5) is 44.6. The topological polar surface area (TPSA) is 155 Å². The maximum absolute atomic E-state index is 12.6. The van der Waals surface area contributed by atoms with Gasteiger partial charge in [0, 0.05) is 5.38 Å². The highest BCUT2D eigenvalue weighted by Gasteiger charge is 2.60. The van der Waals surface area contributed by atoms with E-state index in [9.17, 15) is 22.8 Å². The number of carbonyl (C=O) groups excluding carboxylic acids is 3. The number of amides is 2. The van der Waals surface area contributed by atoms with Gasteiger partial charge in [-0.15, -0.1) is 11.3 Å². The van der Waals surface area contributed by atoms with E-state index in [1.54, 1.807) is 0 Å². The zero-order chi connectivity index (χ0) is 20.6. The largest absolute Gasteiger partial charge is 0.398 e. The number of hydrogen-bond donors (Lipinski definition) is 2. The SMILES string of the molecule is CO/N=C(\C(=O)NC1C(=O)N(S(=O)(=O)O)C1(C)C)c1csc(CC(C)=O)n1. The Morgan fingerprint density at radius 3 is 2.59 bits per heavy atom. The second kappa shape index (κ2) is 7.32. The van der Waals surface area contributed by atoms with Gasteiger partial charge in [0.2, 0.25) is 0 Å². The summed E-state index contributed by atoms with van der Waals surface area (Å²) < 4.78 is 32.0. The van der Waals surface area contributed by atoms with Gasteiger partial charge in [-0.25, -0.2) is 9.29 Å². The Hall–Kier alpha value is -2.38. The van der Waals surface area contributed by atoms with Crippen molar-refractivity contribution in [2.45, 2.75) is 38.8 Å². The van der Waals surface area contributed by atoms with E-state index < -0.39 is 33.7 Å². The van der Waals surface area contributed by atoms with Gasteiger partial charge in [0.05, 0.1) is 12.0 Å². The Bertz CT molecular complexity index is 920. The fraction of sp³-hybridized carbons (Fsp3) is 0.500. The Balaban J connectivity index is 2.22. The summed E-state index contributed by atoms with van der Waals surface area (Å²) in [6, 6.07) is -1.20. The summed E-state index contributed by atoms with van der Waals surface area (Å²) in [6.07, 6.45) is 0.101. The Morgan fingerprint density at radius 1 is 1.48 bits per heavy atom. The predicted molar refractivity (Wildman–Crippen MR) is 94.4 cm³/mol. The quantitative estimate of drug-likeness (QED) is 0.261. The van der Waals surface area contributed by atoms with Gasteiger partial charge in [-0.1, -0.05) is 5.16 Å². The van der Waals surface area contributed by atoms with Crippen LogP contribution in [0.25, 0.3) is 0 Å². The van der Waals surface area contributed by atoms with Crippen LogP contribution in [0.2, 0.25) is 0 Å². The van der Waals surface area contributed by atoms with E-state index in [4.69, 9.17) is 4.55 Å². The van der Waals surface area contributed by atoms with Gasteiger partial charge >= 0.3 is 10.3 Å². The zero-order valence-corrected chi connectivity index (χ0v) is 16.5. The molecule has 1 aliphatic rings. The third-order valence-electron chi connectivity index (χ3n) is 3.78. The van der Waals surface area contributed by atoms with Crippen molar-refractivity contribution in [2.75, 3.05) is 7.11 Å². The van der Waals surface area contributed by atoms with E-state index in [0.717, 1.165) is 11.3 Å². The molecule has 0 spiro atoms. The van der Waals surface area contributed by atoms with Crippen LogP contribution in [0.3, 0.4) is 0 Å². The number of Topliss-reactive ketones (excluding diaryl/α,β-unsaturated/α-hetero) is 1. The number of carbonyl (C=O) groups is 3. The number of aromatic nitrogens is 1. The van der Waals surface area contributed by atoms with Crippen LogP contribution in [0.4, 0.5) is 0 Å². The molecule has 2 rings (SSSR count). The molecule has 13 heteroatoms. The number of hydrogen-bond acceptors (Lipinski definition) is 9. The normalized spacial score (nSPS) is 19.4. The smallest absolute Gasteiger partial charge is 0.362 e. The van der Waals surface area contributed by atoms with Crippen molar-refractivity contribution in [1.82, 2.24) is 14.6 Å². The van der Waals surface area contributed by atoms with Crippen molar-refractivity contribution in [1.29, 1.82) is 0 Å². The van der Waals surface area contributed by atoms with E-state index in [0.29, 0.717) is 5.01 Å². The molecule has 2 amide bonds. The molecular weight excluding hydrogens is 400 g/mol. The monoisotopic (exact) mass is 418 g/mol. The van der Waals surface area contributed by atoms with Gasteiger partial charge in [-0.05, 0) is 20.8 Å². The van der Waals surface area contributed by atoms with Crippen LogP contribution in [0.15, 0.2) is 10.5 Å². The molecule has 2 N–H and O–H groups in total. The number of oxime groups is 1. The van der Waals surface area contributed by atoms with Crippen molar-refractivity contribution in [3.63, 3.8) is 0 Å². The second-order valence-electron chi connectivity index (χ2n) is 6.27. The fourth-order valence-corrected chi connectivity index (χ4v) is 4.50. The number of nitrogens with one attached hydrogen (secondary N) is 1. The summed E-state index contributed by atoms with van der Waals surface area (Å²) in [5.74, 6) is -1.90. The Kier molecular flexibility index (Phi) is 5.68. The Labute approximate surface area is 159 Å². The summed E-state index contributed by atoms with van der Waals surface area (Å²) in [6.45, 7) is 4.14. The molecule has 0 radical (unpaired) electrons. The van der Waals surface area contributed by atoms with Crippen LogP contribution < -0.4 is 5.32 Å². The van der Waals surface area contributed by atoms with Gasteiger partial charge in [-0.2, -0.15) is 8.42 Å². The number of rotatable bonds is 7. The first-order valence-electron chi connectivity index (χ1n) is 7.57. The molecule has 1 atom stereocenters. The molecule has 0 aromatic carbocycles. The van der Waals surface area contributed by atoms with Crippen LogP contribution in [0.1, 0.15) is 31.5 Å². The van der Waals surface area contributed by atoms with Gasteiger partial charge in [0.1, 0.15) is 29.6 Å². The second-order valence-corrected chi connectivity index (χ2v) is 8.47. The molecule has 27 heavy (non-hydrogen) atoms. The van der Waals surface area contributed by atoms with E-state index in [1.165, 1.54) is 33.3 Å². The molecule has 1 aromatic rings. The van der Waals surface area contributed by atoms with Crippen LogP contribution in [0.5, 0.6) is 0 Å². The van der Waals surface area contributed by atoms with Gasteiger partial charge in [-0.3, -0.25) is 18.9 Å². The molecule has 1 aliphatic heterocycles. The highest BCUT2D eigenvalue weighted by Crippen LogP contribution is 2.34. The number of ketones is 1. The van der Waals surface area contributed by atoms with Gasteiger partial charge in [0.25, 0.3) is 11.8 Å². The molecule has 148 valence electrons. The van der Waals surface area contributed by atoms with E-state index in [-0.39, 0.29) is 27.9 Å². The van der Waals surface area contributed by atoms with Crippen molar-refractivity contribution in [2.24, 2.45) is 5.16 Å². The lowest BCUT2D eigenvalue weighted by atomic mass is 9.85. The van der Waals surface area contributed by atoms with E-state index >= 15 is 0 Å². The molecule has 11 nitrogen and oxygen atoms in total. The number of β-lactam (4-membered cyclic amide) rings is 1. The van der Waals surface area contributed by atoms with Gasteiger partial charge in [0.15, 0.2) is 5.71 Å². The zero-order valence-electron chi connectivity index (χ0n) is 14.9. The van der Waals surface area contributed by atoms with Crippen molar-refractivity contribution < 1.29 is 32.2 Å². The Morgan fingerprint density at radius 2 is 2.11 bits per heavy atom. The molecule has 1 saturated heterocycles. The van der Waals surface area contributed by atoms with E-state index in [2.05, 4.69) is 20.3 Å². The van der Waals surface area contributed by atoms with Crippen LogP contribution >= 0.6 is 11.3 Å². The minimum absolute atomic E-state index is 0.0994. The maximum Gasteiger partial charge on any atom is 0.362 e. The lowest BCUT2D eigenvalue weighted by Crippen LogP contribution is -2.77.